The standard InChI is InChI=1S/C13H15FO3S/c14-12-7-9(5-6-11(12)13(15)16)8-18(17)10-3-1-2-4-10/h5-7,10H,1-4,8H2,(H,15,16). The Hall–Kier alpha value is -1.23. The van der Waals surface area contributed by atoms with Gasteiger partial charge in [0.1, 0.15) is 5.82 Å². The van der Waals surface area contributed by atoms with E-state index in [4.69, 9.17) is 5.11 Å². The zero-order valence-corrected chi connectivity index (χ0v) is 10.7. The molecule has 0 aliphatic heterocycles. The molecule has 0 saturated heterocycles. The van der Waals surface area contributed by atoms with E-state index in [0.29, 0.717) is 11.3 Å². The van der Waals surface area contributed by atoms with Gasteiger partial charge in [-0.05, 0) is 30.5 Å². The number of hydrogen-bond donors (Lipinski definition) is 1. The van der Waals surface area contributed by atoms with Gasteiger partial charge in [0.2, 0.25) is 0 Å². The average molecular weight is 270 g/mol. The number of hydrogen-bond acceptors (Lipinski definition) is 2. The van der Waals surface area contributed by atoms with E-state index >= 15 is 0 Å². The third kappa shape index (κ3) is 2.96. The van der Waals surface area contributed by atoms with Crippen LogP contribution in [0.4, 0.5) is 4.39 Å². The van der Waals surface area contributed by atoms with Gasteiger partial charge in [-0.3, -0.25) is 4.21 Å². The third-order valence-corrected chi connectivity index (χ3v) is 5.08. The molecule has 0 heterocycles. The molecule has 1 atom stereocenters. The van der Waals surface area contributed by atoms with Gasteiger partial charge in [0, 0.05) is 21.8 Å². The number of carboxylic acids is 1. The molecule has 2 rings (SSSR count). The Morgan fingerprint density at radius 3 is 2.61 bits per heavy atom. The van der Waals surface area contributed by atoms with Crippen molar-refractivity contribution >= 4 is 16.8 Å². The van der Waals surface area contributed by atoms with Crippen molar-refractivity contribution in [2.75, 3.05) is 0 Å². The number of aromatic carboxylic acids is 1. The number of benzene rings is 1. The Bertz CT molecular complexity index is 481. The first-order valence-electron chi connectivity index (χ1n) is 5.97. The molecule has 1 N–H and O–H groups in total. The van der Waals surface area contributed by atoms with Crippen LogP contribution in [-0.2, 0) is 16.6 Å². The van der Waals surface area contributed by atoms with E-state index in [9.17, 15) is 13.4 Å². The largest absolute Gasteiger partial charge is 0.478 e. The summed E-state index contributed by atoms with van der Waals surface area (Å²) in [7, 11) is -0.986. The van der Waals surface area contributed by atoms with Crippen molar-refractivity contribution in [2.45, 2.75) is 36.7 Å². The van der Waals surface area contributed by atoms with Crippen molar-refractivity contribution in [3.05, 3.63) is 35.1 Å². The molecular formula is C13H15FO3S. The zero-order chi connectivity index (χ0) is 13.1. The SMILES string of the molecule is O=C(O)c1ccc(CS(=O)C2CCCC2)cc1F. The van der Waals surface area contributed by atoms with E-state index in [1.54, 1.807) is 6.07 Å². The van der Waals surface area contributed by atoms with Gasteiger partial charge in [-0.15, -0.1) is 0 Å². The molecule has 1 saturated carbocycles. The van der Waals surface area contributed by atoms with Gasteiger partial charge in [0.05, 0.1) is 5.56 Å². The van der Waals surface area contributed by atoms with Crippen LogP contribution in [0.5, 0.6) is 0 Å². The Morgan fingerprint density at radius 2 is 2.06 bits per heavy atom. The monoisotopic (exact) mass is 270 g/mol. The third-order valence-electron chi connectivity index (χ3n) is 3.25. The van der Waals surface area contributed by atoms with Gasteiger partial charge < -0.3 is 5.11 Å². The Balaban J connectivity index is 2.07. The Morgan fingerprint density at radius 1 is 1.39 bits per heavy atom. The van der Waals surface area contributed by atoms with Crippen LogP contribution in [0, 0.1) is 5.82 Å². The fraction of sp³-hybridized carbons (Fsp3) is 0.462. The lowest BCUT2D eigenvalue weighted by molar-refractivity contribution is 0.0692. The van der Waals surface area contributed by atoms with E-state index in [1.165, 1.54) is 12.1 Å². The van der Waals surface area contributed by atoms with Gasteiger partial charge in [-0.1, -0.05) is 18.9 Å². The van der Waals surface area contributed by atoms with Crippen LogP contribution < -0.4 is 0 Å². The maximum absolute atomic E-state index is 13.4. The maximum Gasteiger partial charge on any atom is 0.338 e. The van der Waals surface area contributed by atoms with Gasteiger partial charge in [-0.25, -0.2) is 9.18 Å². The number of halogens is 1. The second-order valence-electron chi connectivity index (χ2n) is 4.55. The topological polar surface area (TPSA) is 54.4 Å². The van der Waals surface area contributed by atoms with Crippen LogP contribution in [0.15, 0.2) is 18.2 Å². The predicted molar refractivity (Wildman–Crippen MR) is 67.5 cm³/mol. The summed E-state index contributed by atoms with van der Waals surface area (Å²) in [6.07, 6.45) is 4.18. The summed E-state index contributed by atoms with van der Waals surface area (Å²) in [6, 6.07) is 3.95. The Labute approximate surface area is 107 Å². The predicted octanol–water partition coefficient (Wildman–Crippen LogP) is 2.72. The molecule has 1 aromatic carbocycles. The van der Waals surface area contributed by atoms with Crippen LogP contribution in [0.1, 0.15) is 41.6 Å². The molecule has 98 valence electrons. The van der Waals surface area contributed by atoms with E-state index in [2.05, 4.69) is 0 Å². The van der Waals surface area contributed by atoms with Crippen LogP contribution in [0.3, 0.4) is 0 Å². The lowest BCUT2D eigenvalue weighted by Gasteiger charge is -2.09. The molecule has 1 aliphatic carbocycles. The summed E-state index contributed by atoms with van der Waals surface area (Å²) in [5, 5.41) is 8.93. The highest BCUT2D eigenvalue weighted by atomic mass is 32.2. The molecule has 18 heavy (non-hydrogen) atoms. The molecule has 1 aromatic rings. The van der Waals surface area contributed by atoms with Crippen molar-refractivity contribution < 1.29 is 18.5 Å². The van der Waals surface area contributed by atoms with Gasteiger partial charge in [0.15, 0.2) is 0 Å². The van der Waals surface area contributed by atoms with Crippen LogP contribution >= 0.6 is 0 Å². The van der Waals surface area contributed by atoms with Crippen LogP contribution in [-0.4, -0.2) is 20.5 Å². The van der Waals surface area contributed by atoms with Gasteiger partial charge >= 0.3 is 5.97 Å². The van der Waals surface area contributed by atoms with Crippen molar-refractivity contribution in [1.82, 2.24) is 0 Å². The van der Waals surface area contributed by atoms with Crippen LogP contribution in [0.25, 0.3) is 0 Å². The summed E-state index contributed by atoms with van der Waals surface area (Å²) in [4.78, 5) is 10.7. The molecule has 1 fully saturated rings. The minimum absolute atomic E-state index is 0.215. The molecule has 1 unspecified atom stereocenters. The molecule has 3 nitrogen and oxygen atoms in total. The molecule has 1 aliphatic rings. The van der Waals surface area contributed by atoms with Crippen LogP contribution in [0.2, 0.25) is 0 Å². The number of carboxylic acid groups (broad SMARTS) is 1. The second kappa shape index (κ2) is 5.61. The fourth-order valence-corrected chi connectivity index (χ4v) is 3.86. The van der Waals surface area contributed by atoms with Crippen molar-refractivity contribution in [1.29, 1.82) is 0 Å². The van der Waals surface area contributed by atoms with Gasteiger partial charge in [0.25, 0.3) is 0 Å². The summed E-state index contributed by atoms with van der Waals surface area (Å²) in [6.45, 7) is 0. The molecule has 0 aromatic heterocycles. The lowest BCUT2D eigenvalue weighted by atomic mass is 10.1. The summed E-state index contributed by atoms with van der Waals surface area (Å²) in [5.74, 6) is -1.74. The average Bonchev–Trinajstić information content (AvgIpc) is 2.81. The summed E-state index contributed by atoms with van der Waals surface area (Å²) >= 11 is 0. The second-order valence-corrected chi connectivity index (χ2v) is 6.27. The molecule has 0 radical (unpaired) electrons. The first-order valence-corrected chi connectivity index (χ1v) is 7.35. The van der Waals surface area contributed by atoms with Crippen molar-refractivity contribution in [3.63, 3.8) is 0 Å². The highest BCUT2D eigenvalue weighted by molar-refractivity contribution is 7.84. The van der Waals surface area contributed by atoms with E-state index in [-0.39, 0.29) is 10.8 Å². The first kappa shape index (κ1) is 13.2. The summed E-state index contributed by atoms with van der Waals surface area (Å²) in [5.41, 5.74) is 0.258. The summed E-state index contributed by atoms with van der Waals surface area (Å²) < 4.78 is 25.5. The van der Waals surface area contributed by atoms with E-state index < -0.39 is 22.6 Å². The van der Waals surface area contributed by atoms with Crippen molar-refractivity contribution in [3.8, 4) is 0 Å². The van der Waals surface area contributed by atoms with E-state index in [1.807, 2.05) is 0 Å². The smallest absolute Gasteiger partial charge is 0.338 e. The quantitative estimate of drug-likeness (QED) is 0.915. The van der Waals surface area contributed by atoms with Gasteiger partial charge in [-0.2, -0.15) is 0 Å². The molecule has 5 heteroatoms. The first-order chi connectivity index (χ1) is 8.58. The van der Waals surface area contributed by atoms with Crippen molar-refractivity contribution in [2.24, 2.45) is 0 Å². The number of carbonyl (C=O) groups is 1. The molecule has 0 amide bonds. The lowest BCUT2D eigenvalue weighted by Crippen LogP contribution is -2.12. The normalized spacial score (nSPS) is 17.8. The zero-order valence-electron chi connectivity index (χ0n) is 9.89. The maximum atomic E-state index is 13.4. The fourth-order valence-electron chi connectivity index (χ4n) is 2.26. The highest BCUT2D eigenvalue weighted by Crippen LogP contribution is 2.25. The highest BCUT2D eigenvalue weighted by Gasteiger charge is 2.21. The number of rotatable bonds is 4. The molecular weight excluding hydrogens is 255 g/mol. The minimum Gasteiger partial charge on any atom is -0.478 e. The molecule has 0 spiro atoms. The molecule has 0 bridgehead atoms. The van der Waals surface area contributed by atoms with E-state index in [0.717, 1.165) is 25.7 Å². The minimum atomic E-state index is -1.28. The Kier molecular flexibility index (Phi) is 4.11.